The fourth-order valence-electron chi connectivity index (χ4n) is 2.18. The van der Waals surface area contributed by atoms with Crippen LogP contribution in [0.25, 0.3) is 0 Å². The van der Waals surface area contributed by atoms with Crippen molar-refractivity contribution >= 4 is 11.6 Å². The number of nitrogens with one attached hydrogen (secondary N) is 2. The molecular weight excluding hydrogens is 266 g/mol. The lowest BCUT2D eigenvalue weighted by Gasteiger charge is -2.12. The van der Waals surface area contributed by atoms with Gasteiger partial charge in [0.15, 0.2) is 5.69 Å². The van der Waals surface area contributed by atoms with Crippen LogP contribution in [0.4, 0.5) is 5.69 Å². The highest BCUT2D eigenvalue weighted by molar-refractivity contribution is 6.03. The van der Waals surface area contributed by atoms with Gasteiger partial charge in [-0.05, 0) is 31.4 Å². The first-order valence-electron chi connectivity index (χ1n) is 7.10. The molecule has 21 heavy (non-hydrogen) atoms. The van der Waals surface area contributed by atoms with Crippen LogP contribution in [0.1, 0.15) is 48.6 Å². The van der Waals surface area contributed by atoms with Gasteiger partial charge in [-0.2, -0.15) is 5.10 Å². The molecule has 0 aliphatic carbocycles. The summed E-state index contributed by atoms with van der Waals surface area (Å²) in [6.45, 7) is 5.89. The SMILES string of the molecule is CC(C)Cc1cc(C(=O)Nc2ccccc2[C@@H](C)O)n[nH]1. The average molecular weight is 287 g/mol. The molecule has 0 saturated carbocycles. The Morgan fingerprint density at radius 1 is 1.33 bits per heavy atom. The molecule has 0 aliphatic heterocycles. The van der Waals surface area contributed by atoms with E-state index in [-0.39, 0.29) is 5.91 Å². The molecule has 1 amide bonds. The summed E-state index contributed by atoms with van der Waals surface area (Å²) in [5.41, 5.74) is 2.58. The maximum absolute atomic E-state index is 12.2. The molecule has 0 bridgehead atoms. The van der Waals surface area contributed by atoms with Crippen molar-refractivity contribution in [3.8, 4) is 0 Å². The van der Waals surface area contributed by atoms with E-state index in [0.717, 1.165) is 12.1 Å². The van der Waals surface area contributed by atoms with E-state index in [1.807, 2.05) is 12.1 Å². The predicted octanol–water partition coefficient (Wildman–Crippen LogP) is 2.91. The summed E-state index contributed by atoms with van der Waals surface area (Å²) in [7, 11) is 0. The third-order valence-electron chi connectivity index (χ3n) is 3.15. The number of amides is 1. The van der Waals surface area contributed by atoms with E-state index in [9.17, 15) is 9.90 Å². The minimum Gasteiger partial charge on any atom is -0.389 e. The Balaban J connectivity index is 2.13. The highest BCUT2D eigenvalue weighted by atomic mass is 16.3. The molecule has 1 aromatic heterocycles. The number of hydrogen-bond acceptors (Lipinski definition) is 3. The van der Waals surface area contributed by atoms with Crippen LogP contribution in [0, 0.1) is 5.92 Å². The molecule has 0 fully saturated rings. The zero-order chi connectivity index (χ0) is 15.4. The molecule has 1 heterocycles. The number of H-pyrrole nitrogens is 1. The number of anilines is 1. The quantitative estimate of drug-likeness (QED) is 0.791. The fraction of sp³-hybridized carbons (Fsp3) is 0.375. The molecule has 1 atom stereocenters. The summed E-state index contributed by atoms with van der Waals surface area (Å²) >= 11 is 0. The van der Waals surface area contributed by atoms with Gasteiger partial charge in [0.1, 0.15) is 0 Å². The normalized spacial score (nSPS) is 12.4. The van der Waals surface area contributed by atoms with Gasteiger partial charge in [0.05, 0.1) is 6.10 Å². The van der Waals surface area contributed by atoms with Gasteiger partial charge in [-0.3, -0.25) is 9.89 Å². The maximum Gasteiger partial charge on any atom is 0.276 e. The molecular formula is C16H21N3O2. The number of nitrogens with zero attached hydrogens (tertiary/aromatic N) is 1. The summed E-state index contributed by atoms with van der Waals surface area (Å²) in [5.74, 6) is 0.215. The van der Waals surface area contributed by atoms with Crippen molar-refractivity contribution in [1.82, 2.24) is 10.2 Å². The number of carbonyl (C=O) groups excluding carboxylic acids is 1. The maximum atomic E-state index is 12.2. The number of aromatic amines is 1. The fourth-order valence-corrected chi connectivity index (χ4v) is 2.18. The van der Waals surface area contributed by atoms with Gasteiger partial charge in [-0.25, -0.2) is 0 Å². The zero-order valence-corrected chi connectivity index (χ0v) is 12.6. The van der Waals surface area contributed by atoms with E-state index >= 15 is 0 Å². The third-order valence-corrected chi connectivity index (χ3v) is 3.15. The average Bonchev–Trinajstić information content (AvgIpc) is 2.86. The van der Waals surface area contributed by atoms with Gasteiger partial charge in [-0.1, -0.05) is 32.0 Å². The second kappa shape index (κ2) is 6.54. The van der Waals surface area contributed by atoms with E-state index < -0.39 is 6.10 Å². The van der Waals surface area contributed by atoms with E-state index in [1.54, 1.807) is 25.1 Å². The number of rotatable bonds is 5. The molecule has 0 spiro atoms. The lowest BCUT2D eigenvalue weighted by atomic mass is 10.1. The van der Waals surface area contributed by atoms with Crippen LogP contribution in [0.3, 0.4) is 0 Å². The molecule has 5 nitrogen and oxygen atoms in total. The van der Waals surface area contributed by atoms with Crippen molar-refractivity contribution in [3.05, 3.63) is 47.3 Å². The van der Waals surface area contributed by atoms with Crippen molar-refractivity contribution in [2.75, 3.05) is 5.32 Å². The summed E-state index contributed by atoms with van der Waals surface area (Å²) in [5, 5.41) is 19.4. The number of benzene rings is 1. The number of carbonyl (C=O) groups is 1. The molecule has 0 unspecified atom stereocenters. The smallest absolute Gasteiger partial charge is 0.276 e. The Morgan fingerprint density at radius 3 is 2.71 bits per heavy atom. The van der Waals surface area contributed by atoms with Crippen molar-refractivity contribution in [2.45, 2.75) is 33.3 Å². The van der Waals surface area contributed by atoms with Crippen molar-refractivity contribution in [3.63, 3.8) is 0 Å². The molecule has 3 N–H and O–H groups in total. The Labute approximate surface area is 124 Å². The van der Waals surface area contributed by atoms with Crippen LogP contribution >= 0.6 is 0 Å². The highest BCUT2D eigenvalue weighted by Gasteiger charge is 2.14. The second-order valence-corrected chi connectivity index (χ2v) is 5.59. The van der Waals surface area contributed by atoms with E-state index in [1.165, 1.54) is 0 Å². The largest absolute Gasteiger partial charge is 0.389 e. The molecule has 0 radical (unpaired) electrons. The first-order valence-corrected chi connectivity index (χ1v) is 7.10. The molecule has 5 heteroatoms. The Kier molecular flexibility index (Phi) is 4.75. The summed E-state index contributed by atoms with van der Waals surface area (Å²) in [6, 6.07) is 8.96. The van der Waals surface area contributed by atoms with Crippen LogP contribution < -0.4 is 5.32 Å². The van der Waals surface area contributed by atoms with E-state index in [4.69, 9.17) is 0 Å². The topological polar surface area (TPSA) is 78.0 Å². The standard InChI is InChI=1S/C16H21N3O2/c1-10(2)8-12-9-15(19-18-12)16(21)17-14-7-5-4-6-13(14)11(3)20/h4-7,9-11,20H,8H2,1-3H3,(H,17,21)(H,18,19)/t11-/m1/s1. The second-order valence-electron chi connectivity index (χ2n) is 5.59. The number of aromatic nitrogens is 2. The number of hydrogen-bond donors (Lipinski definition) is 3. The Bertz CT molecular complexity index is 617. The van der Waals surface area contributed by atoms with E-state index in [0.29, 0.717) is 22.9 Å². The van der Waals surface area contributed by atoms with Crippen molar-refractivity contribution in [2.24, 2.45) is 5.92 Å². The van der Waals surface area contributed by atoms with Crippen LogP contribution in [-0.4, -0.2) is 21.2 Å². The monoisotopic (exact) mass is 287 g/mol. The van der Waals surface area contributed by atoms with Crippen molar-refractivity contribution < 1.29 is 9.90 Å². The molecule has 2 aromatic rings. The van der Waals surface area contributed by atoms with Gasteiger partial charge in [0.25, 0.3) is 5.91 Å². The van der Waals surface area contributed by atoms with Crippen LogP contribution in [0.5, 0.6) is 0 Å². The third kappa shape index (κ3) is 3.92. The van der Waals surface area contributed by atoms with Crippen LogP contribution in [0.15, 0.2) is 30.3 Å². The summed E-state index contributed by atoms with van der Waals surface area (Å²) < 4.78 is 0. The van der Waals surface area contributed by atoms with Gasteiger partial charge in [0, 0.05) is 16.9 Å². The van der Waals surface area contributed by atoms with Crippen molar-refractivity contribution in [1.29, 1.82) is 0 Å². The van der Waals surface area contributed by atoms with Gasteiger partial charge < -0.3 is 10.4 Å². The van der Waals surface area contributed by atoms with Gasteiger partial charge >= 0.3 is 0 Å². The number of aliphatic hydroxyl groups excluding tert-OH is 1. The number of para-hydroxylation sites is 1. The highest BCUT2D eigenvalue weighted by Crippen LogP contribution is 2.22. The van der Waals surface area contributed by atoms with Gasteiger partial charge in [0.2, 0.25) is 0 Å². The number of aliphatic hydroxyl groups is 1. The summed E-state index contributed by atoms with van der Waals surface area (Å²) in [4.78, 5) is 12.2. The Hall–Kier alpha value is -2.14. The minimum absolute atomic E-state index is 0.283. The first kappa shape index (κ1) is 15.3. The van der Waals surface area contributed by atoms with Gasteiger partial charge in [-0.15, -0.1) is 0 Å². The zero-order valence-electron chi connectivity index (χ0n) is 12.6. The minimum atomic E-state index is -0.641. The molecule has 2 rings (SSSR count). The lowest BCUT2D eigenvalue weighted by molar-refractivity contribution is 0.102. The predicted molar refractivity (Wildman–Crippen MR) is 82.2 cm³/mol. The first-order chi connectivity index (χ1) is 9.97. The molecule has 1 aromatic carbocycles. The molecule has 112 valence electrons. The Morgan fingerprint density at radius 2 is 2.05 bits per heavy atom. The van der Waals surface area contributed by atoms with E-state index in [2.05, 4.69) is 29.4 Å². The molecule has 0 aliphatic rings. The molecule has 0 saturated heterocycles. The van der Waals surface area contributed by atoms with Crippen LogP contribution in [-0.2, 0) is 6.42 Å². The lowest BCUT2D eigenvalue weighted by Crippen LogP contribution is -2.14. The summed E-state index contributed by atoms with van der Waals surface area (Å²) in [6.07, 6.45) is 0.210. The van der Waals surface area contributed by atoms with Crippen LogP contribution in [0.2, 0.25) is 0 Å².